The summed E-state index contributed by atoms with van der Waals surface area (Å²) in [5, 5.41) is -0.423. The molecule has 0 aromatic rings. The summed E-state index contributed by atoms with van der Waals surface area (Å²) in [4.78, 5) is 0. The van der Waals surface area contributed by atoms with Gasteiger partial charge < -0.3 is 0 Å². The topological polar surface area (TPSA) is 34.1 Å². The smallest absolute Gasteiger partial charge is 0.155 e. The summed E-state index contributed by atoms with van der Waals surface area (Å²) < 4.78 is 24.9. The Morgan fingerprint density at radius 1 is 0.765 bits per heavy atom. The van der Waals surface area contributed by atoms with Gasteiger partial charge in [-0.3, -0.25) is 0 Å². The molecule has 3 heteroatoms. The normalized spacial score (nSPS) is 19.6. The van der Waals surface area contributed by atoms with Crippen molar-refractivity contribution in [2.75, 3.05) is 0 Å². The summed E-state index contributed by atoms with van der Waals surface area (Å²) in [7, 11) is -2.98. The third kappa shape index (κ3) is 4.61. The fourth-order valence-corrected chi connectivity index (χ4v) is 4.61. The van der Waals surface area contributed by atoms with Crippen molar-refractivity contribution in [3.63, 3.8) is 0 Å². The van der Waals surface area contributed by atoms with Crippen molar-refractivity contribution in [1.82, 2.24) is 0 Å². The van der Waals surface area contributed by atoms with Gasteiger partial charge >= 0.3 is 0 Å². The van der Waals surface area contributed by atoms with Crippen LogP contribution in [0.2, 0.25) is 0 Å². The van der Waals surface area contributed by atoms with Crippen LogP contribution < -0.4 is 0 Å². The third-order valence-corrected chi connectivity index (χ3v) is 7.13. The van der Waals surface area contributed by atoms with Crippen molar-refractivity contribution in [3.05, 3.63) is 0 Å². The van der Waals surface area contributed by atoms with E-state index in [1.807, 2.05) is 13.8 Å². The lowest BCUT2D eigenvalue weighted by molar-refractivity contribution is 0.453. The SMILES string of the molecule is CCCC(C)C(C)S(=O)(=O)C(C)C(C)CCC. The molecule has 4 unspecified atom stereocenters. The summed E-state index contributed by atoms with van der Waals surface area (Å²) in [6, 6.07) is 0. The van der Waals surface area contributed by atoms with Crippen LogP contribution in [0.5, 0.6) is 0 Å². The molecule has 0 fully saturated rings. The van der Waals surface area contributed by atoms with Gasteiger partial charge in [0.15, 0.2) is 9.84 Å². The first-order chi connectivity index (χ1) is 7.78. The number of hydrogen-bond acceptors (Lipinski definition) is 2. The van der Waals surface area contributed by atoms with E-state index >= 15 is 0 Å². The second kappa shape index (κ2) is 7.40. The molecule has 0 bridgehead atoms. The van der Waals surface area contributed by atoms with E-state index in [1.165, 1.54) is 0 Å². The molecule has 0 spiro atoms. The number of sulfone groups is 1. The lowest BCUT2D eigenvalue weighted by atomic mass is 10.0. The fourth-order valence-electron chi connectivity index (χ4n) is 2.37. The molecule has 4 atom stereocenters. The molecule has 0 rings (SSSR count). The van der Waals surface area contributed by atoms with Crippen molar-refractivity contribution < 1.29 is 8.42 Å². The maximum Gasteiger partial charge on any atom is 0.155 e. The summed E-state index contributed by atoms with van der Waals surface area (Å²) in [5.41, 5.74) is 0. The minimum Gasteiger partial charge on any atom is -0.228 e. The zero-order valence-corrected chi connectivity index (χ0v) is 13.2. The maximum atomic E-state index is 12.5. The average molecular weight is 262 g/mol. The van der Waals surface area contributed by atoms with Gasteiger partial charge in [-0.2, -0.15) is 0 Å². The number of hydrogen-bond donors (Lipinski definition) is 0. The lowest BCUT2D eigenvalue weighted by Crippen LogP contribution is -2.36. The van der Waals surface area contributed by atoms with Crippen molar-refractivity contribution in [2.45, 2.75) is 77.7 Å². The molecule has 0 N–H and O–H groups in total. The van der Waals surface area contributed by atoms with E-state index < -0.39 is 9.84 Å². The first-order valence-electron chi connectivity index (χ1n) is 7.01. The predicted octanol–water partition coefficient (Wildman–Crippen LogP) is 4.05. The molecule has 0 amide bonds. The Morgan fingerprint density at radius 2 is 1.06 bits per heavy atom. The maximum absolute atomic E-state index is 12.5. The summed E-state index contributed by atoms with van der Waals surface area (Å²) >= 11 is 0. The molecule has 104 valence electrons. The molecule has 0 aliphatic heterocycles. The number of rotatable bonds is 8. The Bertz CT molecular complexity index is 271. The van der Waals surface area contributed by atoms with Crippen molar-refractivity contribution in [3.8, 4) is 0 Å². The molecule has 0 heterocycles. The highest BCUT2D eigenvalue weighted by Crippen LogP contribution is 2.26. The fraction of sp³-hybridized carbons (Fsp3) is 1.00. The molecule has 2 nitrogen and oxygen atoms in total. The zero-order valence-electron chi connectivity index (χ0n) is 12.4. The molecular formula is C14H30O2S. The van der Waals surface area contributed by atoms with Gasteiger partial charge in [-0.05, 0) is 38.5 Å². The molecule has 0 aliphatic rings. The van der Waals surface area contributed by atoms with Gasteiger partial charge in [0.2, 0.25) is 0 Å². The van der Waals surface area contributed by atoms with Gasteiger partial charge in [0, 0.05) is 0 Å². The van der Waals surface area contributed by atoms with Crippen LogP contribution >= 0.6 is 0 Å². The third-order valence-electron chi connectivity index (χ3n) is 4.13. The quantitative estimate of drug-likeness (QED) is 0.661. The van der Waals surface area contributed by atoms with Crippen molar-refractivity contribution in [2.24, 2.45) is 11.8 Å². The summed E-state index contributed by atoms with van der Waals surface area (Å²) in [6.45, 7) is 12.1. The van der Waals surface area contributed by atoms with Crippen LogP contribution in [-0.2, 0) is 9.84 Å². The predicted molar refractivity (Wildman–Crippen MR) is 76.0 cm³/mol. The highest BCUT2D eigenvalue weighted by Gasteiger charge is 2.33. The van der Waals surface area contributed by atoms with Gasteiger partial charge in [-0.25, -0.2) is 8.42 Å². The van der Waals surface area contributed by atoms with Crippen LogP contribution in [0, 0.1) is 11.8 Å². The Balaban J connectivity index is 4.75. The van der Waals surface area contributed by atoms with E-state index in [-0.39, 0.29) is 22.3 Å². The molecule has 0 aliphatic carbocycles. The standard InChI is InChI=1S/C14H30O2S/c1-7-9-11(3)13(5)17(15,16)14(6)12(4)10-8-2/h11-14H,7-10H2,1-6H3. The van der Waals surface area contributed by atoms with Crippen molar-refractivity contribution in [1.29, 1.82) is 0 Å². The largest absolute Gasteiger partial charge is 0.228 e. The van der Waals surface area contributed by atoms with E-state index in [0.717, 1.165) is 25.7 Å². The van der Waals surface area contributed by atoms with Crippen molar-refractivity contribution >= 4 is 9.84 Å². The molecule has 0 aromatic heterocycles. The lowest BCUT2D eigenvalue weighted by Gasteiger charge is -2.27. The van der Waals surface area contributed by atoms with E-state index in [1.54, 1.807) is 0 Å². The molecule has 0 saturated carbocycles. The van der Waals surface area contributed by atoms with Gasteiger partial charge in [-0.1, -0.05) is 40.5 Å². The van der Waals surface area contributed by atoms with Gasteiger partial charge in [0.1, 0.15) is 0 Å². The first kappa shape index (κ1) is 16.9. The van der Waals surface area contributed by atoms with E-state index in [0.29, 0.717) is 0 Å². The van der Waals surface area contributed by atoms with Crippen LogP contribution in [0.1, 0.15) is 67.2 Å². The van der Waals surface area contributed by atoms with Gasteiger partial charge in [0.05, 0.1) is 10.5 Å². The minimum atomic E-state index is -2.98. The van der Waals surface area contributed by atoms with Crippen LogP contribution in [0.15, 0.2) is 0 Å². The molecular weight excluding hydrogens is 232 g/mol. The van der Waals surface area contributed by atoms with Crippen LogP contribution in [-0.4, -0.2) is 18.9 Å². The second-order valence-corrected chi connectivity index (χ2v) is 8.20. The Kier molecular flexibility index (Phi) is 7.38. The minimum absolute atomic E-state index is 0.211. The van der Waals surface area contributed by atoms with Gasteiger partial charge in [-0.15, -0.1) is 0 Å². The second-order valence-electron chi connectivity index (χ2n) is 5.53. The zero-order chi connectivity index (χ0) is 13.6. The monoisotopic (exact) mass is 262 g/mol. The summed E-state index contributed by atoms with van der Waals surface area (Å²) in [5.74, 6) is 0.530. The van der Waals surface area contributed by atoms with E-state index in [9.17, 15) is 8.42 Å². The van der Waals surface area contributed by atoms with Crippen LogP contribution in [0.3, 0.4) is 0 Å². The molecule has 0 aromatic carbocycles. The highest BCUT2D eigenvalue weighted by molar-refractivity contribution is 7.92. The van der Waals surface area contributed by atoms with Crippen LogP contribution in [0.4, 0.5) is 0 Å². The molecule has 0 radical (unpaired) electrons. The first-order valence-corrected chi connectivity index (χ1v) is 8.62. The Morgan fingerprint density at radius 3 is 1.29 bits per heavy atom. The van der Waals surface area contributed by atoms with E-state index in [4.69, 9.17) is 0 Å². The molecule has 0 saturated heterocycles. The average Bonchev–Trinajstić information content (AvgIpc) is 2.27. The Labute approximate surface area is 108 Å². The van der Waals surface area contributed by atoms with E-state index in [2.05, 4.69) is 27.7 Å². The summed E-state index contributed by atoms with van der Waals surface area (Å²) in [6.07, 6.45) is 4.10. The highest BCUT2D eigenvalue weighted by atomic mass is 32.2. The Hall–Kier alpha value is -0.0500. The van der Waals surface area contributed by atoms with Crippen LogP contribution in [0.25, 0.3) is 0 Å². The molecule has 17 heavy (non-hydrogen) atoms. The van der Waals surface area contributed by atoms with Gasteiger partial charge in [0.25, 0.3) is 0 Å².